The van der Waals surface area contributed by atoms with Gasteiger partial charge in [-0.2, -0.15) is 0 Å². The van der Waals surface area contributed by atoms with Gasteiger partial charge in [-0.05, 0) is 25.5 Å². The lowest BCUT2D eigenvalue weighted by Gasteiger charge is -2.17. The van der Waals surface area contributed by atoms with Crippen LogP contribution in [0.5, 0.6) is 11.5 Å². The normalized spacial score (nSPS) is 13.5. The molecule has 0 aromatic heterocycles. The average Bonchev–Trinajstić information content (AvgIpc) is 2.36. The van der Waals surface area contributed by atoms with Crippen molar-refractivity contribution in [1.82, 2.24) is 5.32 Å². The van der Waals surface area contributed by atoms with Crippen molar-refractivity contribution in [3.8, 4) is 11.5 Å². The summed E-state index contributed by atoms with van der Waals surface area (Å²) in [7, 11) is 3.07. The number of carbonyl (C=O) groups excluding carboxylic acids is 1. The van der Waals surface area contributed by atoms with Gasteiger partial charge in [-0.1, -0.05) is 28.9 Å². The molecule has 0 saturated heterocycles. The largest absolute Gasteiger partial charge is 0.496 e. The van der Waals surface area contributed by atoms with Gasteiger partial charge in [0, 0.05) is 10.9 Å². The summed E-state index contributed by atoms with van der Waals surface area (Å²) in [6.07, 6.45) is 0.850. The van der Waals surface area contributed by atoms with Crippen molar-refractivity contribution in [3.63, 3.8) is 0 Å². The summed E-state index contributed by atoms with van der Waals surface area (Å²) in [6.45, 7) is 4.02. The summed E-state index contributed by atoms with van der Waals surface area (Å²) in [6, 6.07) is 5.35. The number of ether oxygens (including phenoxy) is 2. The number of alkyl halides is 1. The Bertz CT molecular complexity index is 412. The van der Waals surface area contributed by atoms with E-state index in [4.69, 9.17) is 9.47 Å². The van der Waals surface area contributed by atoms with Crippen molar-refractivity contribution in [2.75, 3.05) is 14.2 Å². The zero-order chi connectivity index (χ0) is 14.4. The molecule has 0 fully saturated rings. The maximum atomic E-state index is 12.3. The van der Waals surface area contributed by atoms with Crippen LogP contribution < -0.4 is 14.8 Å². The van der Waals surface area contributed by atoms with Crippen LogP contribution in [-0.4, -0.2) is 31.0 Å². The Balaban J connectivity index is 2.92. The summed E-state index contributed by atoms with van der Waals surface area (Å²) in [5, 5.41) is 2.95. The highest BCUT2D eigenvalue weighted by Gasteiger charge is 2.19. The molecule has 0 saturated carbocycles. The van der Waals surface area contributed by atoms with Crippen molar-refractivity contribution < 1.29 is 14.3 Å². The highest BCUT2D eigenvalue weighted by molar-refractivity contribution is 9.09. The van der Waals surface area contributed by atoms with Gasteiger partial charge in [-0.15, -0.1) is 0 Å². The molecule has 0 aliphatic rings. The van der Waals surface area contributed by atoms with E-state index in [1.165, 1.54) is 14.2 Å². The minimum Gasteiger partial charge on any atom is -0.496 e. The fraction of sp³-hybridized carbons (Fsp3) is 0.500. The number of amides is 1. The van der Waals surface area contributed by atoms with Crippen LogP contribution in [0.15, 0.2) is 18.2 Å². The molecule has 0 bridgehead atoms. The number of hydrogen-bond donors (Lipinski definition) is 1. The molecule has 0 radical (unpaired) electrons. The second-order valence-electron chi connectivity index (χ2n) is 4.43. The Morgan fingerprint density at radius 2 is 1.79 bits per heavy atom. The van der Waals surface area contributed by atoms with E-state index in [2.05, 4.69) is 21.2 Å². The fourth-order valence-corrected chi connectivity index (χ4v) is 2.48. The zero-order valence-electron chi connectivity index (χ0n) is 11.7. The van der Waals surface area contributed by atoms with E-state index in [1.807, 2.05) is 13.8 Å². The molecule has 2 unspecified atom stereocenters. The molecule has 0 aliphatic heterocycles. The van der Waals surface area contributed by atoms with E-state index in [0.717, 1.165) is 6.42 Å². The predicted octanol–water partition coefficient (Wildman–Crippen LogP) is 3.00. The molecule has 1 rings (SSSR count). The molecule has 4 nitrogen and oxygen atoms in total. The van der Waals surface area contributed by atoms with Gasteiger partial charge in [-0.3, -0.25) is 4.79 Å². The van der Waals surface area contributed by atoms with Gasteiger partial charge in [-0.25, -0.2) is 0 Å². The number of nitrogens with one attached hydrogen (secondary N) is 1. The Morgan fingerprint density at radius 3 is 2.21 bits per heavy atom. The fourth-order valence-electron chi connectivity index (χ4n) is 1.92. The van der Waals surface area contributed by atoms with Crippen molar-refractivity contribution >= 4 is 21.8 Å². The molecule has 0 aliphatic carbocycles. The van der Waals surface area contributed by atoms with E-state index < -0.39 is 0 Å². The summed E-state index contributed by atoms with van der Waals surface area (Å²) in [5.74, 6) is 0.835. The Hall–Kier alpha value is -1.23. The lowest BCUT2D eigenvalue weighted by atomic mass is 10.1. The number of rotatable bonds is 6. The highest BCUT2D eigenvalue weighted by atomic mass is 79.9. The van der Waals surface area contributed by atoms with E-state index in [1.54, 1.807) is 18.2 Å². The molecule has 19 heavy (non-hydrogen) atoms. The van der Waals surface area contributed by atoms with Crippen LogP contribution in [0.25, 0.3) is 0 Å². The van der Waals surface area contributed by atoms with Crippen LogP contribution in [0.1, 0.15) is 30.6 Å². The molecule has 1 amide bonds. The molecule has 1 N–H and O–H groups in total. The topological polar surface area (TPSA) is 47.6 Å². The van der Waals surface area contributed by atoms with Gasteiger partial charge in [0.1, 0.15) is 17.1 Å². The number of hydrogen-bond acceptors (Lipinski definition) is 3. The van der Waals surface area contributed by atoms with Crippen LogP contribution in [0, 0.1) is 0 Å². The Morgan fingerprint density at radius 1 is 1.26 bits per heavy atom. The van der Waals surface area contributed by atoms with Crippen LogP contribution >= 0.6 is 15.9 Å². The van der Waals surface area contributed by atoms with E-state index in [9.17, 15) is 4.79 Å². The van der Waals surface area contributed by atoms with Gasteiger partial charge in [0.2, 0.25) is 0 Å². The number of benzene rings is 1. The summed E-state index contributed by atoms with van der Waals surface area (Å²) in [4.78, 5) is 12.7. The smallest absolute Gasteiger partial charge is 0.259 e. The minimum absolute atomic E-state index is 0.0662. The minimum atomic E-state index is -0.185. The molecule has 0 heterocycles. The van der Waals surface area contributed by atoms with Crippen molar-refractivity contribution in [3.05, 3.63) is 23.8 Å². The van der Waals surface area contributed by atoms with Gasteiger partial charge in [0.25, 0.3) is 5.91 Å². The first-order valence-corrected chi connectivity index (χ1v) is 7.07. The van der Waals surface area contributed by atoms with E-state index >= 15 is 0 Å². The van der Waals surface area contributed by atoms with Gasteiger partial charge in [0.05, 0.1) is 14.2 Å². The summed E-state index contributed by atoms with van der Waals surface area (Å²) in [5.41, 5.74) is 0.432. The standard InChI is InChI=1S/C14H20BrNO3/c1-9(15)8-10(2)16-14(17)13-11(18-3)6-5-7-12(13)19-4/h5-7,9-10H,8H2,1-4H3,(H,16,17). The average molecular weight is 330 g/mol. The molecule has 5 heteroatoms. The second-order valence-corrected chi connectivity index (χ2v) is 5.99. The second kappa shape index (κ2) is 7.38. The van der Waals surface area contributed by atoms with Crippen LogP contribution in [0.2, 0.25) is 0 Å². The van der Waals surface area contributed by atoms with Crippen molar-refractivity contribution in [2.45, 2.75) is 31.1 Å². The molecular weight excluding hydrogens is 310 g/mol. The van der Waals surface area contributed by atoms with Crippen LogP contribution in [-0.2, 0) is 0 Å². The molecule has 2 atom stereocenters. The lowest BCUT2D eigenvalue weighted by Crippen LogP contribution is -2.34. The van der Waals surface area contributed by atoms with Crippen molar-refractivity contribution in [2.24, 2.45) is 0 Å². The molecule has 106 valence electrons. The number of carbonyl (C=O) groups is 1. The molecule has 0 spiro atoms. The third-order valence-electron chi connectivity index (χ3n) is 2.71. The first-order valence-electron chi connectivity index (χ1n) is 6.15. The van der Waals surface area contributed by atoms with E-state index in [-0.39, 0.29) is 11.9 Å². The predicted molar refractivity (Wildman–Crippen MR) is 79.5 cm³/mol. The third-order valence-corrected chi connectivity index (χ3v) is 3.08. The van der Waals surface area contributed by atoms with E-state index in [0.29, 0.717) is 21.9 Å². The summed E-state index contributed by atoms with van der Waals surface area (Å²) >= 11 is 3.48. The van der Waals surface area contributed by atoms with Crippen LogP contribution in [0.3, 0.4) is 0 Å². The quantitative estimate of drug-likeness (QED) is 0.816. The SMILES string of the molecule is COc1cccc(OC)c1C(=O)NC(C)CC(C)Br. The number of methoxy groups -OCH3 is 2. The monoisotopic (exact) mass is 329 g/mol. The molecule has 1 aromatic rings. The third kappa shape index (κ3) is 4.42. The van der Waals surface area contributed by atoms with Gasteiger partial charge < -0.3 is 14.8 Å². The number of halogens is 1. The van der Waals surface area contributed by atoms with Crippen LogP contribution in [0.4, 0.5) is 0 Å². The first-order chi connectivity index (χ1) is 8.99. The highest BCUT2D eigenvalue weighted by Crippen LogP contribution is 2.28. The van der Waals surface area contributed by atoms with Gasteiger partial charge in [0.15, 0.2) is 0 Å². The van der Waals surface area contributed by atoms with Gasteiger partial charge >= 0.3 is 0 Å². The Kier molecular flexibility index (Phi) is 6.15. The first kappa shape index (κ1) is 15.8. The summed E-state index contributed by atoms with van der Waals surface area (Å²) < 4.78 is 10.4. The molecule has 1 aromatic carbocycles. The maximum absolute atomic E-state index is 12.3. The Labute approximate surface area is 122 Å². The van der Waals surface area contributed by atoms with Crippen molar-refractivity contribution in [1.29, 1.82) is 0 Å². The zero-order valence-corrected chi connectivity index (χ0v) is 13.3. The maximum Gasteiger partial charge on any atom is 0.259 e. The molecular formula is C14H20BrNO3. The lowest BCUT2D eigenvalue weighted by molar-refractivity contribution is 0.0932.